The maximum Gasteiger partial charge on any atom is 0.250 e. The number of carbonyl (C=O) groups is 1. The van der Waals surface area contributed by atoms with Gasteiger partial charge in [-0.2, -0.15) is 5.10 Å². The van der Waals surface area contributed by atoms with Crippen molar-refractivity contribution < 1.29 is 4.79 Å². The van der Waals surface area contributed by atoms with Crippen LogP contribution in [0.3, 0.4) is 0 Å². The van der Waals surface area contributed by atoms with Crippen LogP contribution in [0.2, 0.25) is 10.0 Å². The summed E-state index contributed by atoms with van der Waals surface area (Å²) >= 11 is 13.4. The summed E-state index contributed by atoms with van der Waals surface area (Å²) in [5.41, 5.74) is 5.24. The zero-order valence-electron chi connectivity index (χ0n) is 17.8. The van der Waals surface area contributed by atoms with E-state index in [4.69, 9.17) is 23.2 Å². The molecule has 0 fully saturated rings. The van der Waals surface area contributed by atoms with Crippen LogP contribution < -0.4 is 5.43 Å². The lowest BCUT2D eigenvalue weighted by Crippen LogP contribution is -2.19. The zero-order valence-corrected chi connectivity index (χ0v) is 20.1. The molecule has 0 saturated carbocycles. The lowest BCUT2D eigenvalue weighted by atomic mass is 10.2. The number of amides is 1. The Morgan fingerprint density at radius 3 is 2.32 bits per heavy atom. The fraction of sp³-hybridized carbons (Fsp3) is 0.0400. The molecule has 0 unspecified atom stereocenters. The lowest BCUT2D eigenvalue weighted by molar-refractivity contribution is -0.118. The predicted octanol–water partition coefficient (Wildman–Crippen LogP) is 6.15. The van der Waals surface area contributed by atoms with Crippen LogP contribution in [0.15, 0.2) is 95.2 Å². The molecule has 0 aliphatic heterocycles. The maximum atomic E-state index is 12.3. The van der Waals surface area contributed by atoms with Gasteiger partial charge in [0.1, 0.15) is 0 Å². The highest BCUT2D eigenvalue weighted by Crippen LogP contribution is 2.29. The van der Waals surface area contributed by atoms with Gasteiger partial charge in [0.05, 0.1) is 5.75 Å². The fourth-order valence-corrected chi connectivity index (χ4v) is 4.00. The second-order valence-corrected chi connectivity index (χ2v) is 8.81. The second kappa shape index (κ2) is 11.7. The number of thioether (sulfide) groups is 1. The monoisotopic (exact) mass is 507 g/mol. The van der Waals surface area contributed by atoms with Gasteiger partial charge in [0.15, 0.2) is 11.0 Å². The number of aromatic nitrogens is 3. The number of hydrogen-bond donors (Lipinski definition) is 1. The minimum atomic E-state index is -0.256. The molecule has 3 aromatic carbocycles. The third-order valence-electron chi connectivity index (χ3n) is 4.59. The Kier molecular flexibility index (Phi) is 8.14. The number of halogens is 2. The van der Waals surface area contributed by atoms with Gasteiger partial charge in [0.2, 0.25) is 0 Å². The number of nitrogens with zero attached hydrogens (tertiary/aromatic N) is 4. The van der Waals surface area contributed by atoms with E-state index in [0.29, 0.717) is 21.0 Å². The molecular formula is C25H19Cl2N5OS. The molecule has 1 heterocycles. The van der Waals surface area contributed by atoms with Gasteiger partial charge in [-0.15, -0.1) is 10.2 Å². The first-order chi connectivity index (χ1) is 16.6. The van der Waals surface area contributed by atoms with Crippen LogP contribution in [0.1, 0.15) is 5.56 Å². The first-order valence-electron chi connectivity index (χ1n) is 10.2. The molecule has 0 bridgehead atoms. The summed E-state index contributed by atoms with van der Waals surface area (Å²) in [7, 11) is 0. The number of rotatable bonds is 8. The Labute approximate surface area is 211 Å². The van der Waals surface area contributed by atoms with Crippen LogP contribution in [-0.2, 0) is 4.79 Å². The minimum Gasteiger partial charge on any atom is -0.272 e. The topological polar surface area (TPSA) is 72.2 Å². The predicted molar refractivity (Wildman–Crippen MR) is 140 cm³/mol. The molecule has 1 aromatic heterocycles. The van der Waals surface area contributed by atoms with Gasteiger partial charge >= 0.3 is 0 Å². The lowest BCUT2D eigenvalue weighted by Gasteiger charge is -2.10. The molecule has 0 aliphatic carbocycles. The molecule has 4 rings (SSSR count). The Morgan fingerprint density at radius 2 is 1.62 bits per heavy atom. The highest BCUT2D eigenvalue weighted by Gasteiger charge is 2.17. The van der Waals surface area contributed by atoms with E-state index in [1.54, 1.807) is 30.3 Å². The van der Waals surface area contributed by atoms with Gasteiger partial charge in [-0.1, -0.05) is 71.4 Å². The van der Waals surface area contributed by atoms with E-state index in [9.17, 15) is 4.79 Å². The van der Waals surface area contributed by atoms with Crippen molar-refractivity contribution in [3.05, 3.63) is 101 Å². The number of carbonyl (C=O) groups excluding carboxylic acids is 1. The average molecular weight is 508 g/mol. The van der Waals surface area contributed by atoms with E-state index in [-0.39, 0.29) is 11.7 Å². The molecule has 0 spiro atoms. The van der Waals surface area contributed by atoms with Gasteiger partial charge in [-0.25, -0.2) is 5.43 Å². The molecule has 170 valence electrons. The summed E-state index contributed by atoms with van der Waals surface area (Å²) in [6, 6.07) is 24.5. The number of benzene rings is 3. The van der Waals surface area contributed by atoms with E-state index < -0.39 is 0 Å². The molecule has 0 aliphatic rings. The normalized spacial score (nSPS) is 11.4. The summed E-state index contributed by atoms with van der Waals surface area (Å²) in [6.07, 6.45) is 5.19. The highest BCUT2D eigenvalue weighted by molar-refractivity contribution is 7.99. The quantitative estimate of drug-likeness (QED) is 0.176. The van der Waals surface area contributed by atoms with Crippen molar-refractivity contribution in [3.8, 4) is 17.1 Å². The van der Waals surface area contributed by atoms with Gasteiger partial charge < -0.3 is 0 Å². The van der Waals surface area contributed by atoms with Crippen molar-refractivity contribution >= 4 is 53.2 Å². The van der Waals surface area contributed by atoms with E-state index in [1.807, 2.05) is 65.2 Å². The SMILES string of the molecule is O=C(CSc1nnc(-c2ccc(Cl)cc2)n1-c1ccc(Cl)cc1)NN=CC=Cc1ccccc1. The molecule has 1 amide bonds. The highest BCUT2D eigenvalue weighted by atomic mass is 35.5. The molecule has 34 heavy (non-hydrogen) atoms. The Bertz CT molecular complexity index is 1300. The third-order valence-corrected chi connectivity index (χ3v) is 6.02. The Balaban J connectivity index is 1.45. The second-order valence-electron chi connectivity index (χ2n) is 7.00. The largest absolute Gasteiger partial charge is 0.272 e. The van der Waals surface area contributed by atoms with Gasteiger partial charge in [0, 0.05) is 27.5 Å². The Hall–Kier alpha value is -3.39. The molecule has 1 N–H and O–H groups in total. The van der Waals surface area contributed by atoms with Gasteiger partial charge in [-0.05, 0) is 60.2 Å². The van der Waals surface area contributed by atoms with Crippen LogP contribution in [0.4, 0.5) is 0 Å². The summed E-state index contributed by atoms with van der Waals surface area (Å²) in [5, 5.41) is 14.4. The van der Waals surface area contributed by atoms with Crippen LogP contribution >= 0.6 is 35.0 Å². The third kappa shape index (κ3) is 6.35. The van der Waals surface area contributed by atoms with Crippen molar-refractivity contribution in [1.82, 2.24) is 20.2 Å². The zero-order chi connectivity index (χ0) is 23.8. The number of hydrazone groups is 1. The standard InChI is InChI=1S/C25H19Cl2N5OS/c26-20-10-8-19(9-11-20)24-30-31-25(32(24)22-14-12-21(27)13-15-22)34-17-23(33)29-28-16-4-7-18-5-2-1-3-6-18/h1-16H,17H2,(H,29,33). The van der Waals surface area contributed by atoms with Crippen molar-refractivity contribution in [2.45, 2.75) is 5.16 Å². The fourth-order valence-electron chi connectivity index (χ4n) is 3.01. The molecule has 4 aromatic rings. The van der Waals surface area contributed by atoms with Crippen molar-refractivity contribution in [1.29, 1.82) is 0 Å². The van der Waals surface area contributed by atoms with Crippen LogP contribution in [0, 0.1) is 0 Å². The van der Waals surface area contributed by atoms with Crippen LogP contribution in [0.5, 0.6) is 0 Å². The molecule has 0 atom stereocenters. The molecule has 0 radical (unpaired) electrons. The molecule has 6 nitrogen and oxygen atoms in total. The molecular weight excluding hydrogens is 489 g/mol. The number of hydrogen-bond acceptors (Lipinski definition) is 5. The minimum absolute atomic E-state index is 0.117. The maximum absolute atomic E-state index is 12.3. The Morgan fingerprint density at radius 1 is 0.941 bits per heavy atom. The van der Waals surface area contributed by atoms with E-state index in [0.717, 1.165) is 16.8 Å². The van der Waals surface area contributed by atoms with Gasteiger partial charge in [0.25, 0.3) is 5.91 Å². The summed E-state index contributed by atoms with van der Waals surface area (Å²) < 4.78 is 1.88. The van der Waals surface area contributed by atoms with Crippen LogP contribution in [0.25, 0.3) is 23.2 Å². The first kappa shape index (κ1) is 23.8. The summed E-state index contributed by atoms with van der Waals surface area (Å²) in [6.45, 7) is 0. The van der Waals surface area contributed by atoms with E-state index >= 15 is 0 Å². The van der Waals surface area contributed by atoms with Crippen molar-refractivity contribution in [3.63, 3.8) is 0 Å². The molecule has 9 heteroatoms. The number of allylic oxidation sites excluding steroid dienone is 1. The number of nitrogens with one attached hydrogen (secondary N) is 1. The van der Waals surface area contributed by atoms with Crippen molar-refractivity contribution in [2.24, 2.45) is 5.10 Å². The average Bonchev–Trinajstić information content (AvgIpc) is 3.28. The molecule has 0 saturated heterocycles. The van der Waals surface area contributed by atoms with Crippen LogP contribution in [-0.4, -0.2) is 32.6 Å². The van der Waals surface area contributed by atoms with Crippen molar-refractivity contribution in [2.75, 3.05) is 5.75 Å². The van der Waals surface area contributed by atoms with Gasteiger partial charge in [-0.3, -0.25) is 9.36 Å². The smallest absolute Gasteiger partial charge is 0.250 e. The summed E-state index contributed by atoms with van der Waals surface area (Å²) in [5.74, 6) is 0.491. The van der Waals surface area contributed by atoms with E-state index in [2.05, 4.69) is 20.7 Å². The summed E-state index contributed by atoms with van der Waals surface area (Å²) in [4.78, 5) is 12.3. The van der Waals surface area contributed by atoms with E-state index in [1.165, 1.54) is 18.0 Å². The first-order valence-corrected chi connectivity index (χ1v) is 12.0.